The van der Waals surface area contributed by atoms with E-state index in [9.17, 15) is 4.79 Å². The zero-order chi connectivity index (χ0) is 14.0. The second-order valence-corrected chi connectivity index (χ2v) is 4.85. The number of halogens is 2. The smallest absolute Gasteiger partial charge is 0.251 e. The number of carbonyl (C=O) groups excluding carboxylic acids is 1. The molecule has 0 radical (unpaired) electrons. The summed E-state index contributed by atoms with van der Waals surface area (Å²) in [5, 5.41) is 7.28. The number of carbonyl (C=O) groups is 1. The van der Waals surface area contributed by atoms with Crippen molar-refractivity contribution >= 4 is 34.8 Å². The molecule has 3 N–H and O–H groups in total. The zero-order valence-electron chi connectivity index (χ0n) is 10.2. The van der Waals surface area contributed by atoms with Crippen molar-refractivity contribution in [3.63, 3.8) is 0 Å². The summed E-state index contributed by atoms with van der Waals surface area (Å²) in [5.41, 5.74) is 7.22. The van der Waals surface area contributed by atoms with Crippen LogP contribution in [-0.4, -0.2) is 15.7 Å². The largest absolute Gasteiger partial charge is 0.397 e. The third-order valence-electron chi connectivity index (χ3n) is 2.53. The minimum absolute atomic E-state index is 0.255. The lowest BCUT2D eigenvalue weighted by Gasteiger charge is -2.07. The zero-order valence-corrected chi connectivity index (χ0v) is 11.7. The molecule has 0 bridgehead atoms. The molecule has 1 aromatic carbocycles. The van der Waals surface area contributed by atoms with E-state index in [1.807, 2.05) is 13.2 Å². The van der Waals surface area contributed by atoms with Crippen molar-refractivity contribution in [3.05, 3.63) is 45.7 Å². The van der Waals surface area contributed by atoms with Crippen molar-refractivity contribution in [2.45, 2.75) is 6.54 Å². The molecule has 0 aliphatic carbocycles. The van der Waals surface area contributed by atoms with Crippen LogP contribution in [-0.2, 0) is 13.6 Å². The van der Waals surface area contributed by atoms with E-state index in [1.54, 1.807) is 10.9 Å². The second kappa shape index (κ2) is 5.50. The number of amides is 1. The van der Waals surface area contributed by atoms with Gasteiger partial charge in [0, 0.05) is 30.9 Å². The van der Waals surface area contributed by atoms with Crippen LogP contribution in [0.4, 0.5) is 5.69 Å². The van der Waals surface area contributed by atoms with Gasteiger partial charge in [-0.2, -0.15) is 5.10 Å². The van der Waals surface area contributed by atoms with Gasteiger partial charge in [0.2, 0.25) is 0 Å². The Hall–Kier alpha value is -1.72. The maximum atomic E-state index is 11.9. The summed E-state index contributed by atoms with van der Waals surface area (Å²) in [4.78, 5) is 11.9. The molecule has 19 heavy (non-hydrogen) atoms. The Morgan fingerprint density at radius 3 is 2.79 bits per heavy atom. The molecule has 7 heteroatoms. The van der Waals surface area contributed by atoms with Gasteiger partial charge in [0.15, 0.2) is 0 Å². The van der Waals surface area contributed by atoms with Gasteiger partial charge in [-0.25, -0.2) is 0 Å². The third kappa shape index (κ3) is 3.19. The standard InChI is InChI=1S/C12H12Cl2N4O/c1-18-6-7(5-17-18)4-16-12(19)8-2-9(13)11(14)10(15)3-8/h2-3,5-6H,4,15H2,1H3,(H,16,19). The molecule has 0 saturated carbocycles. The van der Waals surface area contributed by atoms with Gasteiger partial charge in [-0.05, 0) is 12.1 Å². The molecule has 0 fully saturated rings. The first-order valence-corrected chi connectivity index (χ1v) is 6.23. The van der Waals surface area contributed by atoms with Crippen LogP contribution in [0.3, 0.4) is 0 Å². The second-order valence-electron chi connectivity index (χ2n) is 4.07. The molecule has 2 rings (SSSR count). The molecule has 0 spiro atoms. The first-order chi connectivity index (χ1) is 8.97. The molecule has 100 valence electrons. The minimum Gasteiger partial charge on any atom is -0.397 e. The Labute approximate surface area is 120 Å². The number of hydrogen-bond donors (Lipinski definition) is 2. The average molecular weight is 299 g/mol. The summed E-state index contributed by atoms with van der Waals surface area (Å²) in [5.74, 6) is -0.269. The van der Waals surface area contributed by atoms with Crippen molar-refractivity contribution in [2.24, 2.45) is 7.05 Å². The summed E-state index contributed by atoms with van der Waals surface area (Å²) in [6.45, 7) is 0.382. The Balaban J connectivity index is 2.08. The molecule has 0 saturated heterocycles. The number of benzene rings is 1. The van der Waals surface area contributed by atoms with E-state index in [-0.39, 0.29) is 21.6 Å². The van der Waals surface area contributed by atoms with Crippen LogP contribution in [0.5, 0.6) is 0 Å². The van der Waals surface area contributed by atoms with Gasteiger partial charge in [-0.3, -0.25) is 9.48 Å². The average Bonchev–Trinajstić information content (AvgIpc) is 2.78. The summed E-state index contributed by atoms with van der Waals surface area (Å²) in [6.07, 6.45) is 3.51. The fourth-order valence-corrected chi connectivity index (χ4v) is 1.92. The highest BCUT2D eigenvalue weighted by atomic mass is 35.5. The van der Waals surface area contributed by atoms with E-state index in [2.05, 4.69) is 10.4 Å². The predicted octanol–water partition coefficient (Wildman–Crippen LogP) is 2.24. The topological polar surface area (TPSA) is 72.9 Å². The fraction of sp³-hybridized carbons (Fsp3) is 0.167. The SMILES string of the molecule is Cn1cc(CNC(=O)c2cc(N)c(Cl)c(Cl)c2)cn1. The van der Waals surface area contributed by atoms with Gasteiger partial charge in [0.1, 0.15) is 0 Å². The van der Waals surface area contributed by atoms with Crippen LogP contribution in [0.1, 0.15) is 15.9 Å². The van der Waals surface area contributed by atoms with E-state index >= 15 is 0 Å². The number of nitrogens with one attached hydrogen (secondary N) is 1. The quantitative estimate of drug-likeness (QED) is 0.854. The van der Waals surface area contributed by atoms with Gasteiger partial charge < -0.3 is 11.1 Å². The van der Waals surface area contributed by atoms with Crippen LogP contribution in [0.15, 0.2) is 24.5 Å². The van der Waals surface area contributed by atoms with E-state index in [0.29, 0.717) is 12.1 Å². The van der Waals surface area contributed by atoms with E-state index in [1.165, 1.54) is 12.1 Å². The van der Waals surface area contributed by atoms with Crippen LogP contribution < -0.4 is 11.1 Å². The van der Waals surface area contributed by atoms with Crippen LogP contribution in [0.25, 0.3) is 0 Å². The number of aromatic nitrogens is 2. The number of rotatable bonds is 3. The normalized spacial score (nSPS) is 10.5. The van der Waals surface area contributed by atoms with Gasteiger partial charge in [-0.15, -0.1) is 0 Å². The van der Waals surface area contributed by atoms with Crippen LogP contribution >= 0.6 is 23.2 Å². The Morgan fingerprint density at radius 2 is 2.21 bits per heavy atom. The summed E-state index contributed by atoms with van der Waals surface area (Å²) in [6, 6.07) is 2.98. The molecule has 1 amide bonds. The molecule has 1 aromatic heterocycles. The Morgan fingerprint density at radius 1 is 1.47 bits per heavy atom. The highest BCUT2D eigenvalue weighted by Crippen LogP contribution is 2.29. The highest BCUT2D eigenvalue weighted by molar-refractivity contribution is 6.43. The first-order valence-electron chi connectivity index (χ1n) is 5.47. The molecule has 1 heterocycles. The van der Waals surface area contributed by atoms with Gasteiger partial charge >= 0.3 is 0 Å². The molecule has 5 nitrogen and oxygen atoms in total. The van der Waals surface area contributed by atoms with Crippen molar-refractivity contribution in [3.8, 4) is 0 Å². The number of hydrogen-bond acceptors (Lipinski definition) is 3. The lowest BCUT2D eigenvalue weighted by atomic mass is 10.2. The Bertz CT molecular complexity index is 601. The maximum Gasteiger partial charge on any atom is 0.251 e. The van der Waals surface area contributed by atoms with Gasteiger partial charge in [-0.1, -0.05) is 23.2 Å². The van der Waals surface area contributed by atoms with E-state index < -0.39 is 0 Å². The Kier molecular flexibility index (Phi) is 3.97. The summed E-state index contributed by atoms with van der Waals surface area (Å²) < 4.78 is 1.67. The first kappa shape index (κ1) is 13.7. The maximum absolute atomic E-state index is 11.9. The summed E-state index contributed by atoms with van der Waals surface area (Å²) >= 11 is 11.7. The minimum atomic E-state index is -0.269. The molecule has 2 aromatic rings. The molecular formula is C12H12Cl2N4O. The number of nitrogen functional groups attached to an aromatic ring is 1. The van der Waals surface area contributed by atoms with E-state index in [4.69, 9.17) is 28.9 Å². The van der Waals surface area contributed by atoms with Crippen molar-refractivity contribution < 1.29 is 4.79 Å². The molecule has 0 aliphatic rings. The molecule has 0 aliphatic heterocycles. The lowest BCUT2D eigenvalue weighted by molar-refractivity contribution is 0.0951. The van der Waals surface area contributed by atoms with Crippen molar-refractivity contribution in [2.75, 3.05) is 5.73 Å². The number of nitrogens with two attached hydrogens (primary N) is 1. The fourth-order valence-electron chi connectivity index (χ4n) is 1.59. The van der Waals surface area contributed by atoms with Crippen molar-refractivity contribution in [1.29, 1.82) is 0 Å². The van der Waals surface area contributed by atoms with Crippen molar-refractivity contribution in [1.82, 2.24) is 15.1 Å². The van der Waals surface area contributed by atoms with Gasteiger partial charge in [0.25, 0.3) is 5.91 Å². The monoisotopic (exact) mass is 298 g/mol. The summed E-state index contributed by atoms with van der Waals surface area (Å²) in [7, 11) is 1.81. The van der Waals surface area contributed by atoms with Crippen LogP contribution in [0.2, 0.25) is 10.0 Å². The van der Waals surface area contributed by atoms with Gasteiger partial charge in [0.05, 0.1) is 21.9 Å². The molecular weight excluding hydrogens is 287 g/mol. The third-order valence-corrected chi connectivity index (χ3v) is 3.35. The highest BCUT2D eigenvalue weighted by Gasteiger charge is 2.11. The van der Waals surface area contributed by atoms with Crippen LogP contribution in [0, 0.1) is 0 Å². The number of anilines is 1. The lowest BCUT2D eigenvalue weighted by Crippen LogP contribution is -2.22. The van der Waals surface area contributed by atoms with E-state index in [0.717, 1.165) is 5.56 Å². The molecule has 0 unspecified atom stereocenters. The number of nitrogens with zero attached hydrogens (tertiary/aromatic N) is 2. The predicted molar refractivity (Wildman–Crippen MR) is 75.3 cm³/mol. The molecule has 0 atom stereocenters. The number of aryl methyl sites for hydroxylation is 1.